The molecule has 0 heterocycles. The van der Waals surface area contributed by atoms with Gasteiger partial charge in [0.2, 0.25) is 0 Å². The number of ketones is 1. The summed E-state index contributed by atoms with van der Waals surface area (Å²) in [4.78, 5) is 12.4. The Morgan fingerprint density at radius 2 is 2.06 bits per heavy atom. The van der Waals surface area contributed by atoms with E-state index >= 15 is 0 Å². The Balaban J connectivity index is 2.58. The van der Waals surface area contributed by atoms with Crippen molar-refractivity contribution in [2.75, 3.05) is 6.54 Å². The molecule has 16 heavy (non-hydrogen) atoms. The molecule has 0 aliphatic heterocycles. The molecule has 1 rings (SSSR count). The lowest BCUT2D eigenvalue weighted by atomic mass is 9.74. The van der Waals surface area contributed by atoms with Crippen LogP contribution in [0.25, 0.3) is 0 Å². The quantitative estimate of drug-likeness (QED) is 0.781. The summed E-state index contributed by atoms with van der Waals surface area (Å²) in [5.41, 5.74) is 5.73. The van der Waals surface area contributed by atoms with E-state index in [-0.39, 0.29) is 5.92 Å². The molecule has 0 radical (unpaired) electrons. The molecule has 0 aromatic heterocycles. The van der Waals surface area contributed by atoms with Crippen molar-refractivity contribution in [1.29, 1.82) is 0 Å². The number of rotatable bonds is 5. The number of hydrogen-bond donors (Lipinski definition) is 1. The highest BCUT2D eigenvalue weighted by Crippen LogP contribution is 2.33. The molecule has 3 atom stereocenters. The van der Waals surface area contributed by atoms with E-state index in [0.29, 0.717) is 24.2 Å². The second-order valence-electron chi connectivity index (χ2n) is 5.63. The van der Waals surface area contributed by atoms with Gasteiger partial charge in [-0.3, -0.25) is 4.79 Å². The van der Waals surface area contributed by atoms with Crippen LogP contribution in [0, 0.1) is 23.7 Å². The Bertz CT molecular complexity index is 225. The van der Waals surface area contributed by atoms with Gasteiger partial charge in [-0.25, -0.2) is 0 Å². The Morgan fingerprint density at radius 3 is 2.56 bits per heavy atom. The molecule has 1 aliphatic rings. The SMILES string of the molecule is CCC1CCCC(C(=O)C(CN)C(C)C)C1. The summed E-state index contributed by atoms with van der Waals surface area (Å²) in [6.45, 7) is 6.97. The summed E-state index contributed by atoms with van der Waals surface area (Å²) in [7, 11) is 0. The Kier molecular flexibility index (Phi) is 5.47. The van der Waals surface area contributed by atoms with E-state index in [1.165, 1.54) is 19.3 Å². The molecule has 3 unspecified atom stereocenters. The lowest BCUT2D eigenvalue weighted by molar-refractivity contribution is -0.129. The van der Waals surface area contributed by atoms with Gasteiger partial charge in [0.15, 0.2) is 0 Å². The second-order valence-corrected chi connectivity index (χ2v) is 5.63. The second kappa shape index (κ2) is 6.39. The molecule has 0 amide bonds. The van der Waals surface area contributed by atoms with Gasteiger partial charge in [-0.2, -0.15) is 0 Å². The fourth-order valence-electron chi connectivity index (χ4n) is 2.94. The molecule has 2 heteroatoms. The number of carbonyl (C=O) groups is 1. The average molecular weight is 225 g/mol. The zero-order valence-electron chi connectivity index (χ0n) is 11.0. The van der Waals surface area contributed by atoms with Gasteiger partial charge in [-0.05, 0) is 24.7 Å². The summed E-state index contributed by atoms with van der Waals surface area (Å²) in [6, 6.07) is 0. The number of nitrogens with two attached hydrogens (primary N) is 1. The lowest BCUT2D eigenvalue weighted by Gasteiger charge is -2.30. The van der Waals surface area contributed by atoms with Crippen LogP contribution in [0.1, 0.15) is 52.9 Å². The zero-order chi connectivity index (χ0) is 12.1. The van der Waals surface area contributed by atoms with Gasteiger partial charge in [0.25, 0.3) is 0 Å². The van der Waals surface area contributed by atoms with Crippen LogP contribution in [-0.4, -0.2) is 12.3 Å². The van der Waals surface area contributed by atoms with E-state index in [1.807, 2.05) is 0 Å². The molecule has 1 aliphatic carbocycles. The average Bonchev–Trinajstić information content (AvgIpc) is 2.29. The summed E-state index contributed by atoms with van der Waals surface area (Å²) < 4.78 is 0. The number of carbonyl (C=O) groups excluding carboxylic acids is 1. The van der Waals surface area contributed by atoms with Crippen molar-refractivity contribution in [1.82, 2.24) is 0 Å². The van der Waals surface area contributed by atoms with Gasteiger partial charge in [-0.15, -0.1) is 0 Å². The van der Waals surface area contributed by atoms with Crippen molar-refractivity contribution in [3.8, 4) is 0 Å². The van der Waals surface area contributed by atoms with E-state index in [0.717, 1.165) is 18.8 Å². The van der Waals surface area contributed by atoms with Crippen LogP contribution >= 0.6 is 0 Å². The predicted octanol–water partition coefficient (Wildman–Crippen LogP) is 3.00. The smallest absolute Gasteiger partial charge is 0.140 e. The molecule has 0 bridgehead atoms. The predicted molar refractivity (Wildman–Crippen MR) is 68.1 cm³/mol. The Morgan fingerprint density at radius 1 is 1.38 bits per heavy atom. The van der Waals surface area contributed by atoms with Gasteiger partial charge < -0.3 is 5.73 Å². The molecule has 2 nitrogen and oxygen atoms in total. The largest absolute Gasteiger partial charge is 0.330 e. The summed E-state index contributed by atoms with van der Waals surface area (Å²) in [6.07, 6.45) is 5.97. The molecule has 1 fully saturated rings. The van der Waals surface area contributed by atoms with Crippen molar-refractivity contribution in [3.63, 3.8) is 0 Å². The summed E-state index contributed by atoms with van der Waals surface area (Å²) >= 11 is 0. The van der Waals surface area contributed by atoms with Crippen molar-refractivity contribution in [2.45, 2.75) is 52.9 Å². The molecule has 0 aromatic carbocycles. The maximum Gasteiger partial charge on any atom is 0.140 e. The maximum atomic E-state index is 12.4. The first-order valence-electron chi connectivity index (χ1n) is 6.83. The van der Waals surface area contributed by atoms with Crippen molar-refractivity contribution in [3.05, 3.63) is 0 Å². The minimum Gasteiger partial charge on any atom is -0.330 e. The van der Waals surface area contributed by atoms with Crippen LogP contribution in [0.3, 0.4) is 0 Å². The third kappa shape index (κ3) is 3.31. The van der Waals surface area contributed by atoms with Gasteiger partial charge in [0.1, 0.15) is 5.78 Å². The van der Waals surface area contributed by atoms with Crippen LogP contribution in [0.4, 0.5) is 0 Å². The highest BCUT2D eigenvalue weighted by atomic mass is 16.1. The zero-order valence-corrected chi connectivity index (χ0v) is 11.0. The van der Waals surface area contributed by atoms with Gasteiger partial charge in [0.05, 0.1) is 0 Å². The molecule has 0 spiro atoms. The minimum absolute atomic E-state index is 0.0839. The first-order valence-corrected chi connectivity index (χ1v) is 6.83. The van der Waals surface area contributed by atoms with Gasteiger partial charge in [0, 0.05) is 18.4 Å². The van der Waals surface area contributed by atoms with Crippen LogP contribution in [0.15, 0.2) is 0 Å². The summed E-state index contributed by atoms with van der Waals surface area (Å²) in [5, 5.41) is 0. The first kappa shape index (κ1) is 13.7. The standard InChI is InChI=1S/C14H27NO/c1-4-11-6-5-7-12(8-11)14(16)13(9-15)10(2)3/h10-13H,4-9,15H2,1-3H3. The van der Waals surface area contributed by atoms with E-state index in [1.54, 1.807) is 0 Å². The topological polar surface area (TPSA) is 43.1 Å². The number of Topliss-reactive ketones (excluding diaryl/α,β-unsaturated/α-hetero) is 1. The van der Waals surface area contributed by atoms with E-state index in [2.05, 4.69) is 20.8 Å². The Hall–Kier alpha value is -0.370. The van der Waals surface area contributed by atoms with Crippen LogP contribution in [0.5, 0.6) is 0 Å². The van der Waals surface area contributed by atoms with Crippen molar-refractivity contribution < 1.29 is 4.79 Å². The lowest BCUT2D eigenvalue weighted by Crippen LogP contribution is -2.35. The number of hydrogen-bond acceptors (Lipinski definition) is 2. The Labute approximate surface area is 100.0 Å². The summed E-state index contributed by atoms with van der Waals surface area (Å²) in [5.74, 6) is 1.98. The van der Waals surface area contributed by atoms with Crippen molar-refractivity contribution in [2.24, 2.45) is 29.4 Å². The van der Waals surface area contributed by atoms with Crippen LogP contribution in [-0.2, 0) is 4.79 Å². The molecule has 1 saturated carbocycles. The molecule has 0 saturated heterocycles. The van der Waals surface area contributed by atoms with E-state index in [4.69, 9.17) is 5.73 Å². The van der Waals surface area contributed by atoms with Gasteiger partial charge >= 0.3 is 0 Å². The van der Waals surface area contributed by atoms with E-state index < -0.39 is 0 Å². The third-order valence-corrected chi connectivity index (χ3v) is 4.19. The first-order chi connectivity index (χ1) is 7.60. The molecule has 0 aromatic rings. The normalized spacial score (nSPS) is 28.1. The van der Waals surface area contributed by atoms with Crippen LogP contribution < -0.4 is 5.73 Å². The van der Waals surface area contributed by atoms with Crippen LogP contribution in [0.2, 0.25) is 0 Å². The molecule has 2 N–H and O–H groups in total. The van der Waals surface area contributed by atoms with Crippen molar-refractivity contribution >= 4 is 5.78 Å². The maximum absolute atomic E-state index is 12.4. The highest BCUT2D eigenvalue weighted by molar-refractivity contribution is 5.84. The minimum atomic E-state index is 0.0839. The van der Waals surface area contributed by atoms with Gasteiger partial charge in [-0.1, -0.05) is 40.0 Å². The highest BCUT2D eigenvalue weighted by Gasteiger charge is 2.31. The monoisotopic (exact) mass is 225 g/mol. The third-order valence-electron chi connectivity index (χ3n) is 4.19. The fourth-order valence-corrected chi connectivity index (χ4v) is 2.94. The molecular weight excluding hydrogens is 198 g/mol. The fraction of sp³-hybridized carbons (Fsp3) is 0.929. The molecule has 94 valence electrons. The molecular formula is C14H27NO. The van der Waals surface area contributed by atoms with E-state index in [9.17, 15) is 4.79 Å².